The first-order valence-corrected chi connectivity index (χ1v) is 14.6. The summed E-state index contributed by atoms with van der Waals surface area (Å²) in [6.07, 6.45) is 1.91. The summed E-state index contributed by atoms with van der Waals surface area (Å²) in [6, 6.07) is 13.3. The first kappa shape index (κ1) is 30.4. The van der Waals surface area contributed by atoms with Crippen LogP contribution in [0.3, 0.4) is 0 Å². The molecule has 2 aromatic carbocycles. The van der Waals surface area contributed by atoms with E-state index in [1.54, 1.807) is 35.2 Å². The number of hydrogen-bond acceptors (Lipinski definition) is 5. The Morgan fingerprint density at radius 2 is 1.73 bits per heavy atom. The summed E-state index contributed by atoms with van der Waals surface area (Å²) in [4.78, 5) is 28.0. The summed E-state index contributed by atoms with van der Waals surface area (Å²) in [5.74, 6) is 0.431. The molecule has 0 fully saturated rings. The lowest BCUT2D eigenvalue weighted by atomic mass is 10.1. The number of methoxy groups -OCH3 is 1. The Labute approximate surface area is 226 Å². The quantitative estimate of drug-likeness (QED) is 0.373. The van der Waals surface area contributed by atoms with Crippen LogP contribution in [0.25, 0.3) is 0 Å². The van der Waals surface area contributed by atoms with Crippen molar-refractivity contribution < 1.29 is 22.7 Å². The molecule has 0 saturated heterocycles. The Bertz CT molecular complexity index is 1140. The topological polar surface area (TPSA) is 96.0 Å². The van der Waals surface area contributed by atoms with Crippen molar-refractivity contribution in [1.29, 1.82) is 0 Å². The zero-order valence-electron chi connectivity index (χ0n) is 22.2. The van der Waals surface area contributed by atoms with Crippen molar-refractivity contribution in [3.8, 4) is 5.75 Å². The molecule has 1 unspecified atom stereocenters. The van der Waals surface area contributed by atoms with Gasteiger partial charge in [0.15, 0.2) is 0 Å². The second-order valence-electron chi connectivity index (χ2n) is 9.31. The van der Waals surface area contributed by atoms with Crippen LogP contribution in [0.2, 0.25) is 5.02 Å². The van der Waals surface area contributed by atoms with E-state index < -0.39 is 16.1 Å². The Morgan fingerprint density at radius 1 is 1.08 bits per heavy atom. The summed E-state index contributed by atoms with van der Waals surface area (Å²) in [7, 11) is -2.04. The molecule has 8 nitrogen and oxygen atoms in total. The van der Waals surface area contributed by atoms with E-state index in [1.165, 1.54) is 11.4 Å². The van der Waals surface area contributed by atoms with E-state index in [2.05, 4.69) is 5.32 Å². The van der Waals surface area contributed by atoms with Crippen molar-refractivity contribution in [3.63, 3.8) is 0 Å². The van der Waals surface area contributed by atoms with E-state index in [0.717, 1.165) is 11.8 Å². The van der Waals surface area contributed by atoms with Gasteiger partial charge in [0.1, 0.15) is 11.8 Å². The molecular formula is C27H38ClN3O5S. The molecule has 0 aliphatic heterocycles. The molecule has 10 heteroatoms. The number of ether oxygens (including phenoxy) is 1. The minimum absolute atomic E-state index is 0.0700. The number of anilines is 1. The standard InChI is InChI=1S/C27H38ClN3O5S/c1-6-25(27(33)29-18-20(2)3)30(19-21-10-7-8-11-24(21)28)26(32)12-9-17-31(37(5,34)35)22-13-15-23(36-4)16-14-22/h7-8,10-11,13-16,20,25H,6,9,12,17-19H2,1-5H3,(H,29,33). The summed E-state index contributed by atoms with van der Waals surface area (Å²) in [6.45, 7) is 6.68. The van der Waals surface area contributed by atoms with Crippen molar-refractivity contribution in [2.45, 2.75) is 52.6 Å². The van der Waals surface area contributed by atoms with Crippen LogP contribution in [0.4, 0.5) is 5.69 Å². The smallest absolute Gasteiger partial charge is 0.242 e. The predicted molar refractivity (Wildman–Crippen MR) is 148 cm³/mol. The second-order valence-corrected chi connectivity index (χ2v) is 11.6. The van der Waals surface area contributed by atoms with Gasteiger partial charge in [-0.05, 0) is 54.7 Å². The van der Waals surface area contributed by atoms with Gasteiger partial charge in [-0.1, -0.05) is 50.6 Å². The number of sulfonamides is 1. The Balaban J connectivity index is 2.21. The predicted octanol–water partition coefficient (Wildman–Crippen LogP) is 4.47. The first-order chi connectivity index (χ1) is 17.5. The Morgan fingerprint density at radius 3 is 2.27 bits per heavy atom. The number of nitrogens with zero attached hydrogens (tertiary/aromatic N) is 2. The van der Waals surface area contributed by atoms with E-state index >= 15 is 0 Å². The van der Waals surface area contributed by atoms with Gasteiger partial charge in [-0.2, -0.15) is 0 Å². The summed E-state index contributed by atoms with van der Waals surface area (Å²) >= 11 is 6.37. The maximum Gasteiger partial charge on any atom is 0.242 e. The van der Waals surface area contributed by atoms with Gasteiger partial charge in [0.2, 0.25) is 21.8 Å². The van der Waals surface area contributed by atoms with Crippen LogP contribution in [0, 0.1) is 5.92 Å². The lowest BCUT2D eigenvalue weighted by Crippen LogP contribution is -2.49. The Kier molecular flexibility index (Phi) is 11.7. The molecule has 0 bridgehead atoms. The van der Waals surface area contributed by atoms with Gasteiger partial charge in [0.25, 0.3) is 0 Å². The maximum atomic E-state index is 13.5. The van der Waals surface area contributed by atoms with Gasteiger partial charge >= 0.3 is 0 Å². The zero-order chi connectivity index (χ0) is 27.6. The second kappa shape index (κ2) is 14.2. The number of carbonyl (C=O) groups is 2. The van der Waals surface area contributed by atoms with E-state index in [0.29, 0.717) is 29.4 Å². The van der Waals surface area contributed by atoms with Crippen LogP contribution in [0.5, 0.6) is 5.75 Å². The van der Waals surface area contributed by atoms with Gasteiger partial charge in [0.05, 0.1) is 19.1 Å². The van der Waals surface area contributed by atoms with Gasteiger partial charge in [-0.15, -0.1) is 0 Å². The normalized spacial score (nSPS) is 12.2. The fourth-order valence-electron chi connectivity index (χ4n) is 3.90. The molecule has 0 aromatic heterocycles. The number of carbonyl (C=O) groups excluding carboxylic acids is 2. The summed E-state index contributed by atoms with van der Waals surface area (Å²) < 4.78 is 31.4. The zero-order valence-corrected chi connectivity index (χ0v) is 23.8. The molecule has 0 aliphatic rings. The third kappa shape index (κ3) is 9.23. The highest BCUT2D eigenvalue weighted by Crippen LogP contribution is 2.23. The van der Waals surface area contributed by atoms with E-state index in [9.17, 15) is 18.0 Å². The highest BCUT2D eigenvalue weighted by molar-refractivity contribution is 7.92. The number of halogens is 1. The third-order valence-corrected chi connectivity index (χ3v) is 7.44. The van der Waals surface area contributed by atoms with Gasteiger partial charge < -0.3 is 15.0 Å². The molecule has 0 heterocycles. The molecule has 0 radical (unpaired) electrons. The van der Waals surface area contributed by atoms with Gasteiger partial charge in [-0.3, -0.25) is 13.9 Å². The highest BCUT2D eigenvalue weighted by atomic mass is 35.5. The average Bonchev–Trinajstić information content (AvgIpc) is 2.85. The van der Waals surface area contributed by atoms with E-state index in [1.807, 2.05) is 39.0 Å². The average molecular weight is 552 g/mol. The summed E-state index contributed by atoms with van der Waals surface area (Å²) in [5.41, 5.74) is 1.23. The number of rotatable bonds is 14. The first-order valence-electron chi connectivity index (χ1n) is 12.4. The van der Waals surface area contributed by atoms with E-state index in [4.69, 9.17) is 16.3 Å². The molecule has 37 heavy (non-hydrogen) atoms. The number of amides is 2. The minimum Gasteiger partial charge on any atom is -0.497 e. The maximum absolute atomic E-state index is 13.5. The van der Waals surface area contributed by atoms with Crippen molar-refractivity contribution in [2.75, 3.05) is 30.8 Å². The molecule has 0 aliphatic carbocycles. The summed E-state index contributed by atoms with van der Waals surface area (Å²) in [5, 5.41) is 3.44. The molecule has 2 amide bonds. The number of benzene rings is 2. The molecule has 2 rings (SSSR count). The number of nitrogens with one attached hydrogen (secondary N) is 1. The minimum atomic E-state index is -3.57. The number of hydrogen-bond donors (Lipinski definition) is 1. The van der Waals surface area contributed by atoms with Crippen LogP contribution in [0.1, 0.15) is 45.6 Å². The molecule has 2 aromatic rings. The van der Waals surface area contributed by atoms with Crippen LogP contribution in [-0.4, -0.2) is 57.6 Å². The SMILES string of the molecule is CCC(C(=O)NCC(C)C)N(Cc1ccccc1Cl)C(=O)CCCN(c1ccc(OC)cc1)S(C)(=O)=O. The largest absolute Gasteiger partial charge is 0.497 e. The van der Waals surface area contributed by atoms with Crippen molar-refractivity contribution in [3.05, 3.63) is 59.1 Å². The molecule has 204 valence electrons. The molecule has 0 saturated carbocycles. The van der Waals surface area contributed by atoms with Gasteiger partial charge in [0, 0.05) is 31.1 Å². The monoisotopic (exact) mass is 551 g/mol. The molecule has 0 spiro atoms. The fourth-order valence-corrected chi connectivity index (χ4v) is 5.07. The van der Waals surface area contributed by atoms with Gasteiger partial charge in [-0.25, -0.2) is 8.42 Å². The van der Waals surface area contributed by atoms with Crippen LogP contribution >= 0.6 is 11.6 Å². The molecule has 1 N–H and O–H groups in total. The molecular weight excluding hydrogens is 514 g/mol. The van der Waals surface area contributed by atoms with Crippen LogP contribution in [-0.2, 0) is 26.2 Å². The molecule has 1 atom stereocenters. The van der Waals surface area contributed by atoms with Crippen molar-refractivity contribution in [1.82, 2.24) is 10.2 Å². The Hall–Kier alpha value is -2.78. The van der Waals surface area contributed by atoms with Crippen LogP contribution in [0.15, 0.2) is 48.5 Å². The van der Waals surface area contributed by atoms with E-state index in [-0.39, 0.29) is 43.7 Å². The lowest BCUT2D eigenvalue weighted by molar-refractivity contribution is -0.141. The third-order valence-electron chi connectivity index (χ3n) is 5.88. The highest BCUT2D eigenvalue weighted by Gasteiger charge is 2.29. The van der Waals surface area contributed by atoms with Crippen molar-refractivity contribution >= 4 is 39.1 Å². The fraction of sp³-hybridized carbons (Fsp3) is 0.481. The lowest BCUT2D eigenvalue weighted by Gasteiger charge is -2.31. The van der Waals surface area contributed by atoms with Crippen molar-refractivity contribution in [2.24, 2.45) is 5.92 Å². The van der Waals surface area contributed by atoms with Crippen LogP contribution < -0.4 is 14.4 Å².